The van der Waals surface area contributed by atoms with Crippen molar-refractivity contribution < 1.29 is 9.59 Å². The second-order valence-electron chi connectivity index (χ2n) is 16.5. The number of anilines is 4. The molecular formula is C50H61N13O4. The lowest BCUT2D eigenvalue weighted by atomic mass is 9.95. The highest BCUT2D eigenvalue weighted by Crippen LogP contribution is 2.20. The van der Waals surface area contributed by atoms with Crippen LogP contribution in [0.15, 0.2) is 113 Å². The fourth-order valence-electron chi connectivity index (χ4n) is 7.61. The summed E-state index contributed by atoms with van der Waals surface area (Å²) < 4.78 is 2.88. The predicted molar refractivity (Wildman–Crippen MR) is 264 cm³/mol. The van der Waals surface area contributed by atoms with Crippen molar-refractivity contribution in [3.63, 3.8) is 0 Å². The lowest BCUT2D eigenvalue weighted by Gasteiger charge is -2.23. The van der Waals surface area contributed by atoms with Crippen molar-refractivity contribution >= 4 is 46.0 Å². The van der Waals surface area contributed by atoms with Gasteiger partial charge in [-0.25, -0.2) is 19.9 Å². The van der Waals surface area contributed by atoms with Crippen LogP contribution < -0.4 is 43.9 Å². The first-order valence-corrected chi connectivity index (χ1v) is 22.5. The Kier molecular flexibility index (Phi) is 17.4. The molecule has 0 bridgehead atoms. The average Bonchev–Trinajstić information content (AvgIpc) is 3.74. The number of nitrogen functional groups attached to an aromatic ring is 2. The molecule has 0 unspecified atom stereocenters. The smallest absolute Gasteiger partial charge is 0.293 e. The lowest BCUT2D eigenvalue weighted by molar-refractivity contribution is -0.122. The van der Waals surface area contributed by atoms with Gasteiger partial charge in [0.15, 0.2) is 11.6 Å². The van der Waals surface area contributed by atoms with Crippen molar-refractivity contribution in [2.24, 2.45) is 0 Å². The van der Waals surface area contributed by atoms with Gasteiger partial charge >= 0.3 is 0 Å². The van der Waals surface area contributed by atoms with Crippen LogP contribution in [-0.4, -0.2) is 58.5 Å². The number of hydrogen-bond acceptors (Lipinski definition) is 12. The Hall–Kier alpha value is -7.82. The van der Waals surface area contributed by atoms with E-state index >= 15 is 0 Å². The molecule has 67 heavy (non-hydrogen) atoms. The van der Waals surface area contributed by atoms with E-state index in [9.17, 15) is 19.2 Å². The van der Waals surface area contributed by atoms with Crippen LogP contribution in [0.3, 0.4) is 0 Å². The number of aromatic nitrogens is 7. The average molecular weight is 908 g/mol. The molecule has 350 valence electrons. The molecule has 0 aliphatic heterocycles. The molecule has 9 N–H and O–H groups in total. The summed E-state index contributed by atoms with van der Waals surface area (Å²) in [5, 5.41) is 13.2. The van der Waals surface area contributed by atoms with Gasteiger partial charge in [-0.05, 0) is 81.8 Å². The lowest BCUT2D eigenvalue weighted by Crippen LogP contribution is -2.36. The molecule has 2 aromatic carbocycles. The molecule has 2 amide bonds. The van der Waals surface area contributed by atoms with Gasteiger partial charge in [-0.3, -0.25) is 28.3 Å². The van der Waals surface area contributed by atoms with Crippen LogP contribution in [0.25, 0.3) is 10.9 Å². The van der Waals surface area contributed by atoms with Gasteiger partial charge in [0.1, 0.15) is 24.7 Å². The number of aryl methyl sites for hydroxylation is 4. The van der Waals surface area contributed by atoms with E-state index in [0.29, 0.717) is 48.5 Å². The number of carbonyl (C=O) groups excluding carboxylic acids is 2. The highest BCUT2D eigenvalue weighted by molar-refractivity contribution is 5.83. The molecular weight excluding hydrogens is 847 g/mol. The predicted octanol–water partition coefficient (Wildman–Crippen LogP) is 5.87. The summed E-state index contributed by atoms with van der Waals surface area (Å²) in [5.41, 5.74) is 17.5. The van der Waals surface area contributed by atoms with Crippen LogP contribution in [0.5, 0.6) is 0 Å². The van der Waals surface area contributed by atoms with Gasteiger partial charge in [-0.2, -0.15) is 0 Å². The van der Waals surface area contributed by atoms with Gasteiger partial charge in [0, 0.05) is 77.9 Å². The van der Waals surface area contributed by atoms with Crippen LogP contribution in [0.2, 0.25) is 0 Å². The molecule has 17 heteroatoms. The van der Waals surface area contributed by atoms with E-state index in [0.717, 1.165) is 58.2 Å². The minimum atomic E-state index is -0.325. The van der Waals surface area contributed by atoms with Gasteiger partial charge in [0.25, 0.3) is 11.1 Å². The van der Waals surface area contributed by atoms with E-state index < -0.39 is 0 Å². The van der Waals surface area contributed by atoms with Crippen LogP contribution in [0.4, 0.5) is 23.3 Å². The number of nitrogens with zero attached hydrogens (tertiary/aromatic N) is 6. The zero-order valence-electron chi connectivity index (χ0n) is 38.6. The fraction of sp³-hybridized carbons (Fsp3) is 0.320. The molecule has 1 fully saturated rings. The van der Waals surface area contributed by atoms with Gasteiger partial charge in [-0.15, -0.1) is 0 Å². The monoisotopic (exact) mass is 907 g/mol. The maximum absolute atomic E-state index is 12.9. The number of benzene rings is 2. The van der Waals surface area contributed by atoms with Crippen LogP contribution in [0.1, 0.15) is 71.6 Å². The number of pyridine rings is 2. The Labute approximate surface area is 389 Å². The minimum absolute atomic E-state index is 0.0476. The number of carbonyl (C=O) groups is 2. The third kappa shape index (κ3) is 14.1. The van der Waals surface area contributed by atoms with E-state index in [-0.39, 0.29) is 47.9 Å². The summed E-state index contributed by atoms with van der Waals surface area (Å²) in [7, 11) is 0. The van der Waals surface area contributed by atoms with Crippen molar-refractivity contribution in [2.75, 3.05) is 28.6 Å². The maximum Gasteiger partial charge on any atom is 0.293 e. The van der Waals surface area contributed by atoms with Crippen molar-refractivity contribution in [1.29, 1.82) is 0 Å². The fourth-order valence-corrected chi connectivity index (χ4v) is 7.61. The summed E-state index contributed by atoms with van der Waals surface area (Å²) in [6.45, 7) is 8.27. The van der Waals surface area contributed by atoms with E-state index in [1.165, 1.54) is 28.4 Å². The molecule has 17 nitrogen and oxygen atoms in total. The van der Waals surface area contributed by atoms with Gasteiger partial charge in [0.2, 0.25) is 11.8 Å². The number of fused-ring (bicyclic) bond motifs is 1. The molecule has 8 rings (SSSR count). The first-order chi connectivity index (χ1) is 32.4. The summed E-state index contributed by atoms with van der Waals surface area (Å²) in [4.78, 5) is 70.8. The Morgan fingerprint density at radius 2 is 1.16 bits per heavy atom. The van der Waals surface area contributed by atoms with Gasteiger partial charge in [-0.1, -0.05) is 86.0 Å². The summed E-state index contributed by atoms with van der Waals surface area (Å²) >= 11 is 0. The normalized spacial score (nSPS) is 12.2. The highest BCUT2D eigenvalue weighted by atomic mass is 16.2. The number of H-pyrrole nitrogens is 1. The van der Waals surface area contributed by atoms with Crippen LogP contribution in [-0.2, 0) is 42.2 Å². The standard InChI is InChI=1S/C24H27N7O2.C20H28N6O2.C6H6/c1-15-11-29-23(26-10-9-18-13-27-20-6-4-3-5-19(18)20)24(33)31(15)14-22(32)28-12-17-7-8-21(25)30-16(17)2;1-13-10-23-19(25-16-6-4-3-5-7-16)20(28)26(13)12-18(27)22-11-15-8-9-17(21)24-14(15)2;1-2-4-6-5-3-1/h3-8,11,13,27H,9-10,12,14H2,1-2H3,(H2,25,30)(H,26,29)(H,28,32);8-10,16H,3-7,11-12H2,1-2H3,(H2,21,24)(H,22,27)(H,23,25);1-6H. The zero-order valence-corrected chi connectivity index (χ0v) is 38.6. The minimum Gasteiger partial charge on any atom is -0.384 e. The molecule has 0 saturated heterocycles. The molecule has 0 radical (unpaired) electrons. The van der Waals surface area contributed by atoms with E-state index in [2.05, 4.69) is 52.3 Å². The molecule has 7 aromatic rings. The third-order valence-corrected chi connectivity index (χ3v) is 11.5. The Bertz CT molecular complexity index is 2840. The largest absolute Gasteiger partial charge is 0.384 e. The van der Waals surface area contributed by atoms with E-state index in [1.807, 2.05) is 86.8 Å². The summed E-state index contributed by atoms with van der Waals surface area (Å²) in [6, 6.07) is 27.4. The van der Waals surface area contributed by atoms with Gasteiger partial charge < -0.3 is 37.7 Å². The van der Waals surface area contributed by atoms with Crippen LogP contribution in [0, 0.1) is 27.7 Å². The van der Waals surface area contributed by atoms with E-state index in [1.54, 1.807) is 38.4 Å². The van der Waals surface area contributed by atoms with Gasteiger partial charge in [0.05, 0.1) is 0 Å². The molecule has 5 aromatic heterocycles. The molecule has 1 aliphatic rings. The van der Waals surface area contributed by atoms with Crippen LogP contribution >= 0.6 is 0 Å². The van der Waals surface area contributed by atoms with E-state index in [4.69, 9.17) is 11.5 Å². The van der Waals surface area contributed by atoms with Crippen molar-refractivity contribution in [3.05, 3.63) is 164 Å². The quantitative estimate of drug-likeness (QED) is 0.0677. The Morgan fingerprint density at radius 1 is 0.657 bits per heavy atom. The number of aromatic amines is 1. The molecule has 1 aliphatic carbocycles. The van der Waals surface area contributed by atoms with Crippen molar-refractivity contribution in [3.8, 4) is 0 Å². The number of amides is 2. The Balaban J connectivity index is 0.000000198. The first kappa shape index (κ1) is 48.6. The van der Waals surface area contributed by atoms with Crippen molar-refractivity contribution in [2.45, 2.75) is 98.4 Å². The van der Waals surface area contributed by atoms with Crippen molar-refractivity contribution in [1.82, 2.24) is 44.7 Å². The number of nitrogens with one attached hydrogen (secondary N) is 5. The maximum atomic E-state index is 12.9. The molecule has 1 saturated carbocycles. The third-order valence-electron chi connectivity index (χ3n) is 11.5. The molecule has 0 atom stereocenters. The first-order valence-electron chi connectivity index (χ1n) is 22.5. The SMILES string of the molecule is Cc1nc(N)ccc1CNC(=O)Cn1c(C)cnc(NC2CCCCC2)c1=O.Cc1nc(N)ccc1CNC(=O)Cn1c(C)cnc(NCCc2c[nH]c3ccccc23)c1=O.c1ccccc1. The number of rotatable bonds is 14. The molecule has 5 heterocycles. The second-order valence-corrected chi connectivity index (χ2v) is 16.5. The second kappa shape index (κ2) is 23.9. The number of hydrogen-bond donors (Lipinski definition) is 7. The zero-order chi connectivity index (χ0) is 47.7. The topological polar surface area (TPSA) is 246 Å². The Morgan fingerprint density at radius 3 is 1.70 bits per heavy atom. The summed E-state index contributed by atoms with van der Waals surface area (Å²) in [5.74, 6) is 0.926. The molecule has 0 spiro atoms. The number of nitrogens with two attached hydrogens (primary N) is 2. The summed E-state index contributed by atoms with van der Waals surface area (Å²) in [6.07, 6.45) is 11.6. The highest BCUT2D eigenvalue weighted by Gasteiger charge is 2.18. The number of para-hydroxylation sites is 1.